The molecule has 3 unspecified atom stereocenters. The fourth-order valence-electron chi connectivity index (χ4n) is 2.80. The summed E-state index contributed by atoms with van der Waals surface area (Å²) in [7, 11) is 1.73. The predicted octanol–water partition coefficient (Wildman–Crippen LogP) is 1.94. The standard InChI is InChI=1S/C12H20O3/c1-12(2)7-10(13)9-6-8(14-3)4-5-11(9)15-12/h8-9,11H,4-7H2,1-3H3. The van der Waals surface area contributed by atoms with E-state index in [4.69, 9.17) is 9.47 Å². The highest BCUT2D eigenvalue weighted by atomic mass is 16.5. The lowest BCUT2D eigenvalue weighted by Crippen LogP contribution is -2.50. The zero-order valence-corrected chi connectivity index (χ0v) is 9.79. The van der Waals surface area contributed by atoms with Gasteiger partial charge in [-0.15, -0.1) is 0 Å². The Morgan fingerprint density at radius 1 is 1.40 bits per heavy atom. The van der Waals surface area contributed by atoms with Crippen molar-refractivity contribution in [3.05, 3.63) is 0 Å². The number of Topliss-reactive ketones (excluding diaryl/α,β-unsaturated/α-hetero) is 1. The van der Waals surface area contributed by atoms with E-state index in [1.54, 1.807) is 7.11 Å². The van der Waals surface area contributed by atoms with Crippen molar-refractivity contribution in [3.63, 3.8) is 0 Å². The Kier molecular flexibility index (Phi) is 2.86. The summed E-state index contributed by atoms with van der Waals surface area (Å²) in [6, 6.07) is 0. The summed E-state index contributed by atoms with van der Waals surface area (Å²) in [6.45, 7) is 4.01. The number of fused-ring (bicyclic) bond motifs is 1. The fourth-order valence-corrected chi connectivity index (χ4v) is 2.80. The predicted molar refractivity (Wildman–Crippen MR) is 56.7 cm³/mol. The topological polar surface area (TPSA) is 35.5 Å². The van der Waals surface area contributed by atoms with Crippen molar-refractivity contribution in [2.75, 3.05) is 7.11 Å². The molecule has 1 heterocycles. The monoisotopic (exact) mass is 212 g/mol. The fraction of sp³-hybridized carbons (Fsp3) is 0.917. The van der Waals surface area contributed by atoms with Crippen molar-refractivity contribution >= 4 is 5.78 Å². The number of hydrogen-bond donors (Lipinski definition) is 0. The van der Waals surface area contributed by atoms with Crippen molar-refractivity contribution < 1.29 is 14.3 Å². The van der Waals surface area contributed by atoms with Crippen LogP contribution in [0.5, 0.6) is 0 Å². The van der Waals surface area contributed by atoms with Gasteiger partial charge in [-0.1, -0.05) is 0 Å². The molecule has 86 valence electrons. The van der Waals surface area contributed by atoms with Gasteiger partial charge in [0.05, 0.1) is 17.8 Å². The third-order valence-corrected chi connectivity index (χ3v) is 3.56. The Morgan fingerprint density at radius 2 is 2.13 bits per heavy atom. The molecule has 1 saturated heterocycles. The summed E-state index contributed by atoms with van der Waals surface area (Å²) in [6.07, 6.45) is 3.74. The van der Waals surface area contributed by atoms with E-state index >= 15 is 0 Å². The molecule has 0 aromatic carbocycles. The van der Waals surface area contributed by atoms with Gasteiger partial charge < -0.3 is 9.47 Å². The number of ether oxygens (including phenoxy) is 2. The summed E-state index contributed by atoms with van der Waals surface area (Å²) in [4.78, 5) is 12.0. The number of carbonyl (C=O) groups is 1. The summed E-state index contributed by atoms with van der Waals surface area (Å²) in [5, 5.41) is 0. The second kappa shape index (κ2) is 3.87. The summed E-state index contributed by atoms with van der Waals surface area (Å²) >= 11 is 0. The Bertz CT molecular complexity index is 260. The lowest BCUT2D eigenvalue weighted by atomic mass is 9.76. The molecule has 3 atom stereocenters. The first-order valence-electron chi connectivity index (χ1n) is 5.75. The van der Waals surface area contributed by atoms with E-state index in [9.17, 15) is 4.79 Å². The van der Waals surface area contributed by atoms with E-state index in [0.29, 0.717) is 12.2 Å². The molecule has 0 aromatic heterocycles. The highest BCUT2D eigenvalue weighted by Crippen LogP contribution is 2.38. The quantitative estimate of drug-likeness (QED) is 0.666. The minimum Gasteiger partial charge on any atom is -0.381 e. The first-order valence-corrected chi connectivity index (χ1v) is 5.75. The van der Waals surface area contributed by atoms with Gasteiger partial charge in [-0.05, 0) is 33.1 Å². The molecule has 0 radical (unpaired) electrons. The average Bonchev–Trinajstić information content (AvgIpc) is 2.15. The van der Waals surface area contributed by atoms with Crippen molar-refractivity contribution in [3.8, 4) is 0 Å². The maximum atomic E-state index is 12.0. The molecule has 2 fully saturated rings. The Balaban J connectivity index is 2.07. The Morgan fingerprint density at radius 3 is 2.80 bits per heavy atom. The van der Waals surface area contributed by atoms with Crippen molar-refractivity contribution in [2.24, 2.45) is 5.92 Å². The van der Waals surface area contributed by atoms with Crippen LogP contribution >= 0.6 is 0 Å². The number of hydrogen-bond acceptors (Lipinski definition) is 3. The van der Waals surface area contributed by atoms with Gasteiger partial charge in [0.2, 0.25) is 0 Å². The maximum absolute atomic E-state index is 12.0. The maximum Gasteiger partial charge on any atom is 0.141 e. The van der Waals surface area contributed by atoms with Crippen LogP contribution in [-0.2, 0) is 14.3 Å². The van der Waals surface area contributed by atoms with E-state index < -0.39 is 0 Å². The molecule has 1 aliphatic heterocycles. The molecule has 1 aliphatic carbocycles. The third-order valence-electron chi connectivity index (χ3n) is 3.56. The Hall–Kier alpha value is -0.410. The second-order valence-corrected chi connectivity index (χ2v) is 5.34. The molecule has 0 amide bonds. The molecular formula is C12H20O3. The van der Waals surface area contributed by atoms with Crippen molar-refractivity contribution in [1.82, 2.24) is 0 Å². The van der Waals surface area contributed by atoms with Gasteiger partial charge >= 0.3 is 0 Å². The lowest BCUT2D eigenvalue weighted by molar-refractivity contribution is -0.174. The van der Waals surface area contributed by atoms with Crippen LogP contribution in [0.1, 0.15) is 39.5 Å². The van der Waals surface area contributed by atoms with E-state index in [0.717, 1.165) is 19.3 Å². The molecule has 3 nitrogen and oxygen atoms in total. The van der Waals surface area contributed by atoms with Gasteiger partial charge in [0.1, 0.15) is 5.78 Å². The number of ketones is 1. The molecule has 0 aromatic rings. The highest BCUT2D eigenvalue weighted by molar-refractivity contribution is 5.83. The molecule has 0 N–H and O–H groups in total. The van der Waals surface area contributed by atoms with Crippen LogP contribution in [0.15, 0.2) is 0 Å². The highest BCUT2D eigenvalue weighted by Gasteiger charge is 2.44. The van der Waals surface area contributed by atoms with Crippen molar-refractivity contribution in [2.45, 2.75) is 57.3 Å². The van der Waals surface area contributed by atoms with Gasteiger partial charge in [-0.25, -0.2) is 0 Å². The molecule has 2 aliphatic rings. The van der Waals surface area contributed by atoms with Crippen LogP contribution in [0.3, 0.4) is 0 Å². The van der Waals surface area contributed by atoms with Crippen LogP contribution in [0.25, 0.3) is 0 Å². The van der Waals surface area contributed by atoms with Crippen LogP contribution in [0.4, 0.5) is 0 Å². The van der Waals surface area contributed by atoms with Gasteiger partial charge in [0.15, 0.2) is 0 Å². The lowest BCUT2D eigenvalue weighted by Gasteiger charge is -2.44. The Labute approximate surface area is 91.1 Å². The van der Waals surface area contributed by atoms with E-state index in [1.807, 2.05) is 13.8 Å². The van der Waals surface area contributed by atoms with Crippen LogP contribution in [0, 0.1) is 5.92 Å². The molecule has 0 spiro atoms. The van der Waals surface area contributed by atoms with Gasteiger partial charge in [-0.3, -0.25) is 4.79 Å². The molecule has 3 heteroatoms. The summed E-state index contributed by atoms with van der Waals surface area (Å²) < 4.78 is 11.3. The zero-order valence-electron chi connectivity index (χ0n) is 9.79. The molecular weight excluding hydrogens is 192 g/mol. The normalized spacial score (nSPS) is 39.9. The number of rotatable bonds is 1. The van der Waals surface area contributed by atoms with Crippen LogP contribution in [-0.4, -0.2) is 30.7 Å². The van der Waals surface area contributed by atoms with Gasteiger partial charge in [0.25, 0.3) is 0 Å². The summed E-state index contributed by atoms with van der Waals surface area (Å²) in [5.74, 6) is 0.440. The smallest absolute Gasteiger partial charge is 0.141 e. The minimum atomic E-state index is -0.266. The van der Waals surface area contributed by atoms with Gasteiger partial charge in [-0.2, -0.15) is 0 Å². The third kappa shape index (κ3) is 2.23. The van der Waals surface area contributed by atoms with Crippen LogP contribution in [0.2, 0.25) is 0 Å². The largest absolute Gasteiger partial charge is 0.381 e. The van der Waals surface area contributed by atoms with E-state index in [1.165, 1.54) is 0 Å². The van der Waals surface area contributed by atoms with Crippen molar-refractivity contribution in [1.29, 1.82) is 0 Å². The zero-order chi connectivity index (χ0) is 11.1. The molecule has 1 saturated carbocycles. The SMILES string of the molecule is COC1CCC2OC(C)(C)CC(=O)C2C1. The molecule has 15 heavy (non-hydrogen) atoms. The van der Waals surface area contributed by atoms with E-state index in [2.05, 4.69) is 0 Å². The van der Waals surface area contributed by atoms with Crippen LogP contribution < -0.4 is 0 Å². The van der Waals surface area contributed by atoms with E-state index in [-0.39, 0.29) is 23.7 Å². The molecule has 0 bridgehead atoms. The van der Waals surface area contributed by atoms with Gasteiger partial charge in [0, 0.05) is 19.4 Å². The first kappa shape index (κ1) is 11.1. The number of methoxy groups -OCH3 is 1. The summed E-state index contributed by atoms with van der Waals surface area (Å²) in [5.41, 5.74) is -0.266. The molecule has 2 rings (SSSR count). The minimum absolute atomic E-state index is 0.0803. The second-order valence-electron chi connectivity index (χ2n) is 5.34. The number of carbonyl (C=O) groups excluding carboxylic acids is 1. The average molecular weight is 212 g/mol. The first-order chi connectivity index (χ1) is 7.02.